The molecule has 0 aromatic heterocycles. The number of hydrogen-bond acceptors (Lipinski definition) is 2. The molecule has 0 aliphatic carbocycles. The molecule has 0 saturated heterocycles. The van der Waals surface area contributed by atoms with Crippen LogP contribution in [0.1, 0.15) is 149 Å². The fraction of sp³-hybridized carbons (Fsp3) is 0.889. The standard InChI is InChI=1S/C27H51ClO2/c1-3-5-7-8-9-10-11-12-13-14-15-16-17-18-19-20-21-22-23-25-27(29)30-26(28)24-6-4-2/h12-13,26H,3-11,14-25H2,1-2H3/b13-12-. The molecular weight excluding hydrogens is 392 g/mol. The van der Waals surface area contributed by atoms with Gasteiger partial charge in [-0.05, 0) is 44.9 Å². The summed E-state index contributed by atoms with van der Waals surface area (Å²) in [5.74, 6) is -0.132. The van der Waals surface area contributed by atoms with Crippen molar-refractivity contribution < 1.29 is 9.53 Å². The molecule has 0 N–H and O–H groups in total. The number of carbonyl (C=O) groups is 1. The molecule has 0 fully saturated rings. The molecule has 0 aromatic rings. The molecule has 0 heterocycles. The second-order valence-electron chi connectivity index (χ2n) is 8.79. The average molecular weight is 443 g/mol. The first kappa shape index (κ1) is 29.5. The third-order valence-electron chi connectivity index (χ3n) is 5.69. The topological polar surface area (TPSA) is 26.3 Å². The summed E-state index contributed by atoms with van der Waals surface area (Å²) in [5.41, 5.74) is -0.437. The predicted molar refractivity (Wildman–Crippen MR) is 133 cm³/mol. The van der Waals surface area contributed by atoms with Gasteiger partial charge in [-0.2, -0.15) is 0 Å². The van der Waals surface area contributed by atoms with Crippen LogP contribution in [0.4, 0.5) is 0 Å². The molecule has 0 aliphatic rings. The van der Waals surface area contributed by atoms with Crippen LogP contribution in [0.2, 0.25) is 0 Å². The largest absolute Gasteiger partial charge is 0.446 e. The Balaban J connectivity index is 3.22. The lowest BCUT2D eigenvalue weighted by Gasteiger charge is -2.10. The number of rotatable bonds is 23. The minimum Gasteiger partial charge on any atom is -0.446 e. The molecule has 0 aliphatic heterocycles. The number of alkyl halides is 1. The Morgan fingerprint density at radius 3 is 1.60 bits per heavy atom. The molecule has 30 heavy (non-hydrogen) atoms. The molecule has 0 amide bonds. The monoisotopic (exact) mass is 442 g/mol. The normalized spacial score (nSPS) is 12.5. The summed E-state index contributed by atoms with van der Waals surface area (Å²) in [6.45, 7) is 4.39. The maximum Gasteiger partial charge on any atom is 0.307 e. The minimum absolute atomic E-state index is 0.132. The molecule has 0 saturated carbocycles. The summed E-state index contributed by atoms with van der Waals surface area (Å²) in [4.78, 5) is 11.7. The molecule has 3 heteroatoms. The first-order valence-electron chi connectivity index (χ1n) is 13.2. The summed E-state index contributed by atoms with van der Waals surface area (Å²) >= 11 is 6.00. The Morgan fingerprint density at radius 2 is 1.10 bits per heavy atom. The molecule has 0 rings (SSSR count). The number of hydrogen-bond donors (Lipinski definition) is 0. The Kier molecular flexibility index (Phi) is 24.4. The zero-order valence-corrected chi connectivity index (χ0v) is 21.0. The zero-order valence-electron chi connectivity index (χ0n) is 20.3. The van der Waals surface area contributed by atoms with Gasteiger partial charge in [0.2, 0.25) is 0 Å². The second kappa shape index (κ2) is 24.8. The highest BCUT2D eigenvalue weighted by Crippen LogP contribution is 2.14. The summed E-state index contributed by atoms with van der Waals surface area (Å²) in [6.07, 6.45) is 30.4. The smallest absolute Gasteiger partial charge is 0.307 e. The molecule has 2 nitrogen and oxygen atoms in total. The van der Waals surface area contributed by atoms with Gasteiger partial charge in [-0.15, -0.1) is 0 Å². The zero-order chi connectivity index (χ0) is 22.1. The third-order valence-corrected chi connectivity index (χ3v) is 5.99. The van der Waals surface area contributed by atoms with Crippen molar-refractivity contribution in [3.63, 3.8) is 0 Å². The van der Waals surface area contributed by atoms with Gasteiger partial charge < -0.3 is 4.74 Å². The van der Waals surface area contributed by atoms with Crippen LogP contribution < -0.4 is 0 Å². The number of unbranched alkanes of at least 4 members (excludes halogenated alkanes) is 16. The Morgan fingerprint density at radius 1 is 0.667 bits per heavy atom. The number of esters is 1. The van der Waals surface area contributed by atoms with Crippen LogP contribution in [0.15, 0.2) is 12.2 Å². The van der Waals surface area contributed by atoms with Crippen molar-refractivity contribution in [2.24, 2.45) is 0 Å². The van der Waals surface area contributed by atoms with Gasteiger partial charge in [-0.25, -0.2) is 0 Å². The van der Waals surface area contributed by atoms with Gasteiger partial charge in [-0.1, -0.05) is 121 Å². The van der Waals surface area contributed by atoms with Gasteiger partial charge in [0.15, 0.2) is 5.56 Å². The van der Waals surface area contributed by atoms with E-state index in [-0.39, 0.29) is 5.97 Å². The fourth-order valence-corrected chi connectivity index (χ4v) is 3.93. The number of allylic oxidation sites excluding steroid dienone is 2. The summed E-state index contributed by atoms with van der Waals surface area (Å²) < 4.78 is 5.21. The molecule has 1 unspecified atom stereocenters. The first-order chi connectivity index (χ1) is 14.7. The summed E-state index contributed by atoms with van der Waals surface area (Å²) in [5, 5.41) is 0. The van der Waals surface area contributed by atoms with Gasteiger partial charge >= 0.3 is 5.97 Å². The van der Waals surface area contributed by atoms with Gasteiger partial charge in [0.05, 0.1) is 0 Å². The highest BCUT2D eigenvalue weighted by molar-refractivity contribution is 6.20. The minimum atomic E-state index is -0.437. The van der Waals surface area contributed by atoms with Crippen LogP contribution in [0.25, 0.3) is 0 Å². The van der Waals surface area contributed by atoms with E-state index in [9.17, 15) is 4.79 Å². The SMILES string of the molecule is CCCCCCCC/C=C\CCCCCCCCCCCC(=O)OC(Cl)CCCC. The Bertz CT molecular complexity index is 381. The van der Waals surface area contributed by atoms with Crippen molar-refractivity contribution in [2.45, 2.75) is 154 Å². The Hall–Kier alpha value is -0.500. The fourth-order valence-electron chi connectivity index (χ4n) is 3.67. The lowest BCUT2D eigenvalue weighted by atomic mass is 10.1. The van der Waals surface area contributed by atoms with Crippen molar-refractivity contribution in [2.75, 3.05) is 0 Å². The van der Waals surface area contributed by atoms with E-state index in [0.29, 0.717) is 6.42 Å². The lowest BCUT2D eigenvalue weighted by Crippen LogP contribution is -2.12. The predicted octanol–water partition coefficient (Wildman–Crippen LogP) is 9.88. The molecule has 0 radical (unpaired) electrons. The maximum absolute atomic E-state index is 11.7. The molecular formula is C27H51ClO2. The van der Waals surface area contributed by atoms with Gasteiger partial charge in [0, 0.05) is 6.42 Å². The van der Waals surface area contributed by atoms with Crippen LogP contribution >= 0.6 is 11.6 Å². The van der Waals surface area contributed by atoms with E-state index in [1.807, 2.05) is 0 Å². The van der Waals surface area contributed by atoms with Crippen LogP contribution in [0, 0.1) is 0 Å². The van der Waals surface area contributed by atoms with Crippen molar-refractivity contribution in [3.8, 4) is 0 Å². The maximum atomic E-state index is 11.7. The van der Waals surface area contributed by atoms with E-state index < -0.39 is 5.56 Å². The first-order valence-corrected chi connectivity index (χ1v) is 13.6. The van der Waals surface area contributed by atoms with Gasteiger partial charge in [-0.3, -0.25) is 4.79 Å². The third kappa shape index (κ3) is 23.8. The highest BCUT2D eigenvalue weighted by atomic mass is 35.5. The average Bonchev–Trinajstić information content (AvgIpc) is 2.73. The van der Waals surface area contributed by atoms with Gasteiger partial charge in [0.25, 0.3) is 0 Å². The van der Waals surface area contributed by atoms with Crippen LogP contribution in [0.3, 0.4) is 0 Å². The summed E-state index contributed by atoms with van der Waals surface area (Å²) in [7, 11) is 0. The van der Waals surface area contributed by atoms with E-state index >= 15 is 0 Å². The second-order valence-corrected chi connectivity index (χ2v) is 9.28. The molecule has 0 bridgehead atoms. The van der Waals surface area contributed by atoms with Crippen molar-refractivity contribution in [3.05, 3.63) is 12.2 Å². The highest BCUT2D eigenvalue weighted by Gasteiger charge is 2.10. The van der Waals surface area contributed by atoms with E-state index in [1.54, 1.807) is 0 Å². The lowest BCUT2D eigenvalue weighted by molar-refractivity contribution is -0.145. The Labute approximate surface area is 193 Å². The number of ether oxygens (including phenoxy) is 1. The molecule has 178 valence electrons. The van der Waals surface area contributed by atoms with Gasteiger partial charge in [0.1, 0.15) is 0 Å². The number of carbonyl (C=O) groups excluding carboxylic acids is 1. The molecule has 0 aromatic carbocycles. The van der Waals surface area contributed by atoms with Crippen molar-refractivity contribution in [1.29, 1.82) is 0 Å². The van der Waals surface area contributed by atoms with Crippen LogP contribution in [-0.2, 0) is 9.53 Å². The van der Waals surface area contributed by atoms with E-state index in [2.05, 4.69) is 26.0 Å². The van der Waals surface area contributed by atoms with E-state index in [1.165, 1.54) is 96.3 Å². The van der Waals surface area contributed by atoms with Crippen molar-refractivity contribution >= 4 is 17.6 Å². The van der Waals surface area contributed by atoms with E-state index in [0.717, 1.165) is 32.1 Å². The van der Waals surface area contributed by atoms with Crippen LogP contribution in [-0.4, -0.2) is 11.5 Å². The summed E-state index contributed by atoms with van der Waals surface area (Å²) in [6, 6.07) is 0. The molecule has 1 atom stereocenters. The van der Waals surface area contributed by atoms with Crippen LogP contribution in [0.5, 0.6) is 0 Å². The van der Waals surface area contributed by atoms with E-state index in [4.69, 9.17) is 16.3 Å². The molecule has 0 spiro atoms. The quantitative estimate of drug-likeness (QED) is 0.0680. The number of halogens is 1. The van der Waals surface area contributed by atoms with Crippen molar-refractivity contribution in [1.82, 2.24) is 0 Å².